The van der Waals surface area contributed by atoms with E-state index >= 15 is 0 Å². The molecule has 0 saturated carbocycles. The van der Waals surface area contributed by atoms with Gasteiger partial charge in [-0.1, -0.05) is 24.3 Å². The van der Waals surface area contributed by atoms with Gasteiger partial charge >= 0.3 is 12.1 Å². The van der Waals surface area contributed by atoms with Gasteiger partial charge in [0.25, 0.3) is 0 Å². The van der Waals surface area contributed by atoms with Crippen LogP contribution in [0.25, 0.3) is 28.0 Å². The van der Waals surface area contributed by atoms with Crippen LogP contribution in [0.15, 0.2) is 91.6 Å². The number of piperidine rings is 1. The van der Waals surface area contributed by atoms with Crippen LogP contribution in [0.1, 0.15) is 24.8 Å². The Morgan fingerprint density at radius 3 is 2.55 bits per heavy atom. The van der Waals surface area contributed by atoms with Crippen LogP contribution in [0.2, 0.25) is 0 Å². The van der Waals surface area contributed by atoms with Crippen LogP contribution in [0, 0.1) is 5.92 Å². The largest absolute Gasteiger partial charge is 0.465 e. The zero-order valence-corrected chi connectivity index (χ0v) is 23.2. The summed E-state index contributed by atoms with van der Waals surface area (Å²) in [6.07, 6.45) is 11.4. The number of nitrogens with zero attached hydrogens (tertiary/aromatic N) is 5. The van der Waals surface area contributed by atoms with E-state index in [2.05, 4.69) is 43.1 Å². The maximum absolute atomic E-state index is 12.4. The average molecular weight is 564 g/mol. The second-order valence-corrected chi connectivity index (χ2v) is 10.6. The van der Waals surface area contributed by atoms with Crippen LogP contribution in [0.3, 0.4) is 0 Å². The van der Waals surface area contributed by atoms with Crippen LogP contribution in [0.5, 0.6) is 0 Å². The number of carboxylic acid groups (broad SMARTS) is 1. The molecular formula is C32H33N7O3. The number of anilines is 1. The standard InChI is InChI=1S/C32H33N7O3/c40-31(35-21-24-4-3-14-33-20-24)36-25-7-9-26(10-8-25)39-22-28(27-5-1-2-6-29(27)39)30-34-15-19-37(30)16-11-23-12-17-38(18-13-23)32(41)42/h1-10,14-15,19-20,22-23H,11-13,16-18,21H2,(H,41,42)(H2,35,36,40). The molecule has 1 saturated heterocycles. The molecule has 0 atom stereocenters. The minimum Gasteiger partial charge on any atom is -0.465 e. The molecule has 1 fully saturated rings. The van der Waals surface area contributed by atoms with Crippen molar-refractivity contribution >= 4 is 28.7 Å². The number of hydrogen-bond acceptors (Lipinski definition) is 4. The van der Waals surface area contributed by atoms with E-state index in [1.165, 1.54) is 4.90 Å². The van der Waals surface area contributed by atoms with Crippen LogP contribution in [-0.2, 0) is 13.1 Å². The van der Waals surface area contributed by atoms with E-state index in [0.717, 1.165) is 59.3 Å². The van der Waals surface area contributed by atoms with Crippen LogP contribution >= 0.6 is 0 Å². The smallest absolute Gasteiger partial charge is 0.407 e. The maximum Gasteiger partial charge on any atom is 0.407 e. The van der Waals surface area contributed by atoms with Crippen LogP contribution in [0.4, 0.5) is 15.3 Å². The van der Waals surface area contributed by atoms with E-state index < -0.39 is 6.09 Å². The molecule has 0 bridgehead atoms. The van der Waals surface area contributed by atoms with Gasteiger partial charge in [-0.3, -0.25) is 4.98 Å². The molecule has 0 spiro atoms. The van der Waals surface area contributed by atoms with Crippen LogP contribution < -0.4 is 10.6 Å². The van der Waals surface area contributed by atoms with Crippen molar-refractivity contribution < 1.29 is 14.7 Å². The number of para-hydroxylation sites is 1. The number of imidazole rings is 1. The number of pyridine rings is 1. The molecule has 214 valence electrons. The second-order valence-electron chi connectivity index (χ2n) is 10.6. The number of carbonyl (C=O) groups excluding carboxylic acids is 1. The number of fused-ring (bicyclic) bond motifs is 1. The number of amides is 3. The van der Waals surface area contributed by atoms with E-state index in [1.807, 2.05) is 60.9 Å². The number of aryl methyl sites for hydroxylation is 1. The fraction of sp³-hybridized carbons (Fsp3) is 0.250. The number of aromatic nitrogens is 4. The third-order valence-corrected chi connectivity index (χ3v) is 7.91. The Bertz CT molecular complexity index is 1670. The lowest BCUT2D eigenvalue weighted by molar-refractivity contribution is 0.122. The van der Waals surface area contributed by atoms with Gasteiger partial charge in [-0.05, 0) is 67.1 Å². The van der Waals surface area contributed by atoms with Crippen molar-refractivity contribution in [2.45, 2.75) is 32.4 Å². The predicted octanol–water partition coefficient (Wildman–Crippen LogP) is 5.99. The first kappa shape index (κ1) is 27.1. The molecule has 6 rings (SSSR count). The van der Waals surface area contributed by atoms with E-state index in [1.54, 1.807) is 12.4 Å². The summed E-state index contributed by atoms with van der Waals surface area (Å²) in [6, 6.07) is 19.5. The fourth-order valence-corrected chi connectivity index (χ4v) is 5.61. The summed E-state index contributed by atoms with van der Waals surface area (Å²) < 4.78 is 4.35. The molecule has 2 aromatic carbocycles. The van der Waals surface area contributed by atoms with Crippen molar-refractivity contribution in [2.24, 2.45) is 5.92 Å². The third-order valence-electron chi connectivity index (χ3n) is 7.91. The number of urea groups is 1. The number of nitrogens with one attached hydrogen (secondary N) is 2. The topological polar surface area (TPSA) is 117 Å². The Morgan fingerprint density at radius 2 is 1.79 bits per heavy atom. The molecule has 10 nitrogen and oxygen atoms in total. The van der Waals surface area contributed by atoms with Gasteiger partial charge in [0.05, 0.1) is 5.52 Å². The molecule has 4 heterocycles. The Kier molecular flexibility index (Phi) is 7.85. The van der Waals surface area contributed by atoms with Crippen molar-refractivity contribution in [3.63, 3.8) is 0 Å². The highest BCUT2D eigenvalue weighted by Crippen LogP contribution is 2.33. The van der Waals surface area contributed by atoms with Gasteiger partial charge in [0.1, 0.15) is 5.82 Å². The van der Waals surface area contributed by atoms with Gasteiger partial charge in [0, 0.05) is 79.5 Å². The van der Waals surface area contributed by atoms with Crippen molar-refractivity contribution in [3.05, 3.63) is 97.2 Å². The number of carbonyl (C=O) groups is 2. The summed E-state index contributed by atoms with van der Waals surface area (Å²) in [5.74, 6) is 1.42. The Hall–Kier alpha value is -5.12. The molecule has 3 N–H and O–H groups in total. The van der Waals surface area contributed by atoms with Gasteiger partial charge in [0.15, 0.2) is 0 Å². The monoisotopic (exact) mass is 563 g/mol. The highest BCUT2D eigenvalue weighted by molar-refractivity contribution is 5.96. The molecule has 0 unspecified atom stereocenters. The van der Waals surface area contributed by atoms with E-state index in [9.17, 15) is 14.7 Å². The normalized spacial score (nSPS) is 13.8. The quantitative estimate of drug-likeness (QED) is 0.214. The molecule has 3 aromatic heterocycles. The number of rotatable bonds is 8. The molecule has 0 aliphatic carbocycles. The first-order valence-corrected chi connectivity index (χ1v) is 14.2. The highest BCUT2D eigenvalue weighted by atomic mass is 16.4. The van der Waals surface area contributed by atoms with Gasteiger partial charge in [0.2, 0.25) is 0 Å². The number of hydrogen-bond donors (Lipinski definition) is 3. The van der Waals surface area contributed by atoms with Crippen molar-refractivity contribution in [3.8, 4) is 17.1 Å². The highest BCUT2D eigenvalue weighted by Gasteiger charge is 2.23. The third kappa shape index (κ3) is 5.97. The van der Waals surface area contributed by atoms with E-state index in [4.69, 9.17) is 4.98 Å². The zero-order chi connectivity index (χ0) is 28.9. The van der Waals surface area contributed by atoms with Crippen molar-refractivity contribution in [2.75, 3.05) is 18.4 Å². The van der Waals surface area contributed by atoms with E-state index in [0.29, 0.717) is 31.2 Å². The Balaban J connectivity index is 1.16. The maximum atomic E-state index is 12.4. The molecule has 42 heavy (non-hydrogen) atoms. The predicted molar refractivity (Wildman–Crippen MR) is 162 cm³/mol. The molecule has 1 aliphatic heterocycles. The first-order chi connectivity index (χ1) is 20.5. The lowest BCUT2D eigenvalue weighted by Crippen LogP contribution is -2.37. The van der Waals surface area contributed by atoms with Gasteiger partial charge < -0.3 is 29.8 Å². The van der Waals surface area contributed by atoms with Crippen molar-refractivity contribution in [1.82, 2.24) is 29.3 Å². The fourth-order valence-electron chi connectivity index (χ4n) is 5.61. The summed E-state index contributed by atoms with van der Waals surface area (Å²) in [5.41, 5.74) is 4.72. The molecule has 1 aliphatic rings. The summed E-state index contributed by atoms with van der Waals surface area (Å²) in [6.45, 7) is 2.44. The molecule has 10 heteroatoms. The minimum absolute atomic E-state index is 0.278. The van der Waals surface area contributed by atoms with Gasteiger partial charge in [-0.25, -0.2) is 14.6 Å². The molecular weight excluding hydrogens is 530 g/mol. The zero-order valence-electron chi connectivity index (χ0n) is 23.2. The summed E-state index contributed by atoms with van der Waals surface area (Å²) in [7, 11) is 0. The lowest BCUT2D eigenvalue weighted by Gasteiger charge is -2.30. The van der Waals surface area contributed by atoms with E-state index in [-0.39, 0.29) is 6.03 Å². The SMILES string of the molecule is O=C(NCc1cccnc1)Nc1ccc(-n2cc(-c3nccn3CCC3CCN(C(=O)O)CC3)c3ccccc32)cc1. The Labute approximate surface area is 243 Å². The van der Waals surface area contributed by atoms with Gasteiger partial charge in [-0.15, -0.1) is 0 Å². The second kappa shape index (κ2) is 12.2. The average Bonchev–Trinajstić information content (AvgIpc) is 3.65. The molecule has 5 aromatic rings. The number of benzene rings is 2. The molecule has 3 amide bonds. The van der Waals surface area contributed by atoms with Gasteiger partial charge in [-0.2, -0.15) is 0 Å². The Morgan fingerprint density at radius 1 is 0.976 bits per heavy atom. The first-order valence-electron chi connectivity index (χ1n) is 14.2. The lowest BCUT2D eigenvalue weighted by atomic mass is 9.94. The van der Waals surface area contributed by atoms with Crippen LogP contribution in [-0.4, -0.2) is 54.3 Å². The number of likely N-dealkylation sites (tertiary alicyclic amines) is 1. The molecule has 0 radical (unpaired) electrons. The van der Waals surface area contributed by atoms with Crippen molar-refractivity contribution in [1.29, 1.82) is 0 Å². The summed E-state index contributed by atoms with van der Waals surface area (Å²) in [5, 5.41) is 16.1. The summed E-state index contributed by atoms with van der Waals surface area (Å²) in [4.78, 5) is 33.9. The minimum atomic E-state index is -0.824. The summed E-state index contributed by atoms with van der Waals surface area (Å²) >= 11 is 0.